The molecule has 3 heteroatoms. The lowest BCUT2D eigenvalue weighted by molar-refractivity contribution is 0.380. The Hall–Kier alpha value is -1.54. The average molecular weight is 317 g/mol. The molecule has 1 saturated carbocycles. The van der Waals surface area contributed by atoms with Crippen molar-refractivity contribution in [1.82, 2.24) is 0 Å². The highest BCUT2D eigenvalue weighted by Crippen LogP contribution is 2.40. The number of benzene rings is 1. The van der Waals surface area contributed by atoms with Gasteiger partial charge in [0.15, 0.2) is 5.43 Å². The molecule has 0 aliphatic heterocycles. The van der Waals surface area contributed by atoms with Gasteiger partial charge in [0.1, 0.15) is 11.5 Å². The Kier molecular flexibility index (Phi) is 4.39. The highest BCUT2D eigenvalue weighted by Gasteiger charge is 2.26. The molecule has 0 saturated heterocycles. The Morgan fingerprint density at radius 2 is 1.59 bits per heavy atom. The first-order valence-electron chi connectivity index (χ1n) is 7.91. The van der Waals surface area contributed by atoms with Gasteiger partial charge < -0.3 is 4.42 Å². The zero-order chi connectivity index (χ0) is 15.7. The van der Waals surface area contributed by atoms with E-state index in [0.29, 0.717) is 17.6 Å². The van der Waals surface area contributed by atoms with Gasteiger partial charge in [0.2, 0.25) is 0 Å². The third-order valence-corrected chi connectivity index (χ3v) is 5.02. The summed E-state index contributed by atoms with van der Waals surface area (Å²) in [5.41, 5.74) is 2.38. The molecule has 22 heavy (non-hydrogen) atoms. The molecular formula is C19H21ClO2. The van der Waals surface area contributed by atoms with E-state index in [9.17, 15) is 4.79 Å². The molecule has 1 aromatic carbocycles. The van der Waals surface area contributed by atoms with Crippen molar-refractivity contribution in [3.05, 3.63) is 68.2 Å². The Morgan fingerprint density at radius 1 is 1.00 bits per heavy atom. The SMILES string of the molecule is Cc1cc(=O)c(C2CCC(c3ccc(Cl)cc3)CC2)c(C)o1. The van der Waals surface area contributed by atoms with Crippen LogP contribution in [0, 0.1) is 13.8 Å². The minimum Gasteiger partial charge on any atom is -0.466 e. The van der Waals surface area contributed by atoms with E-state index in [-0.39, 0.29) is 5.43 Å². The van der Waals surface area contributed by atoms with Gasteiger partial charge in [-0.15, -0.1) is 0 Å². The van der Waals surface area contributed by atoms with Crippen LogP contribution in [0.2, 0.25) is 5.02 Å². The minimum atomic E-state index is 0.135. The lowest BCUT2D eigenvalue weighted by Crippen LogP contribution is -2.20. The van der Waals surface area contributed by atoms with E-state index < -0.39 is 0 Å². The van der Waals surface area contributed by atoms with Crippen molar-refractivity contribution in [2.24, 2.45) is 0 Å². The van der Waals surface area contributed by atoms with E-state index in [1.165, 1.54) is 5.56 Å². The molecule has 0 amide bonds. The molecule has 116 valence electrons. The molecule has 0 radical (unpaired) electrons. The first-order chi connectivity index (χ1) is 10.5. The van der Waals surface area contributed by atoms with Crippen LogP contribution in [0.15, 0.2) is 39.5 Å². The Balaban J connectivity index is 1.75. The van der Waals surface area contributed by atoms with Crippen LogP contribution in [0.1, 0.15) is 60.2 Å². The Bertz CT molecular complexity index is 707. The van der Waals surface area contributed by atoms with Crippen molar-refractivity contribution in [2.45, 2.75) is 51.4 Å². The summed E-state index contributed by atoms with van der Waals surface area (Å²) >= 11 is 5.96. The predicted octanol–water partition coefficient (Wildman–Crippen LogP) is 5.35. The van der Waals surface area contributed by atoms with E-state index in [1.54, 1.807) is 6.07 Å². The summed E-state index contributed by atoms with van der Waals surface area (Å²) in [7, 11) is 0. The van der Waals surface area contributed by atoms with Crippen LogP contribution in [0.5, 0.6) is 0 Å². The lowest BCUT2D eigenvalue weighted by atomic mass is 9.76. The average Bonchev–Trinajstić information content (AvgIpc) is 2.48. The van der Waals surface area contributed by atoms with Crippen LogP contribution in [-0.4, -0.2) is 0 Å². The van der Waals surface area contributed by atoms with E-state index in [4.69, 9.17) is 16.0 Å². The second-order valence-electron chi connectivity index (χ2n) is 6.29. The summed E-state index contributed by atoms with van der Waals surface area (Å²) in [6.07, 6.45) is 4.31. The fraction of sp³-hybridized carbons (Fsp3) is 0.421. The largest absolute Gasteiger partial charge is 0.466 e. The maximum Gasteiger partial charge on any atom is 0.188 e. The van der Waals surface area contributed by atoms with Gasteiger partial charge in [0.05, 0.1) is 0 Å². The standard InChI is InChI=1S/C19H21ClO2/c1-12-11-18(21)19(13(2)22-12)16-5-3-14(4-6-16)15-7-9-17(20)10-8-15/h7-11,14,16H,3-6H2,1-2H3. The number of hydrogen-bond acceptors (Lipinski definition) is 2. The van der Waals surface area contributed by atoms with Crippen LogP contribution in [0.25, 0.3) is 0 Å². The van der Waals surface area contributed by atoms with Gasteiger partial charge in [-0.3, -0.25) is 4.79 Å². The molecule has 1 fully saturated rings. The van der Waals surface area contributed by atoms with Crippen molar-refractivity contribution in [3.63, 3.8) is 0 Å². The molecule has 0 N–H and O–H groups in total. The monoisotopic (exact) mass is 316 g/mol. The van der Waals surface area contributed by atoms with Gasteiger partial charge >= 0.3 is 0 Å². The first-order valence-corrected chi connectivity index (χ1v) is 8.29. The summed E-state index contributed by atoms with van der Waals surface area (Å²) in [5, 5.41) is 0.783. The van der Waals surface area contributed by atoms with E-state index in [1.807, 2.05) is 26.0 Å². The highest BCUT2D eigenvalue weighted by atomic mass is 35.5. The maximum atomic E-state index is 12.3. The number of hydrogen-bond donors (Lipinski definition) is 0. The molecule has 3 rings (SSSR count). The van der Waals surface area contributed by atoms with E-state index in [0.717, 1.165) is 42.0 Å². The quantitative estimate of drug-likeness (QED) is 0.747. The number of halogens is 1. The fourth-order valence-corrected chi connectivity index (χ4v) is 3.83. The smallest absolute Gasteiger partial charge is 0.188 e. The topological polar surface area (TPSA) is 30.2 Å². The van der Waals surface area contributed by atoms with Crippen LogP contribution < -0.4 is 5.43 Å². The third kappa shape index (κ3) is 3.12. The van der Waals surface area contributed by atoms with Gasteiger partial charge in [0, 0.05) is 16.7 Å². The summed E-state index contributed by atoms with van der Waals surface area (Å²) in [6, 6.07) is 9.79. The Labute approximate surface area is 136 Å². The van der Waals surface area contributed by atoms with Gasteiger partial charge in [-0.1, -0.05) is 23.7 Å². The molecule has 2 nitrogen and oxygen atoms in total. The number of aryl methyl sites for hydroxylation is 2. The molecule has 0 bridgehead atoms. The normalized spacial score (nSPS) is 21.8. The van der Waals surface area contributed by atoms with Crippen molar-refractivity contribution in [1.29, 1.82) is 0 Å². The zero-order valence-electron chi connectivity index (χ0n) is 13.1. The van der Waals surface area contributed by atoms with Gasteiger partial charge in [-0.2, -0.15) is 0 Å². The van der Waals surface area contributed by atoms with Crippen LogP contribution in [0.4, 0.5) is 0 Å². The minimum absolute atomic E-state index is 0.135. The molecule has 0 atom stereocenters. The lowest BCUT2D eigenvalue weighted by Gasteiger charge is -2.29. The molecule has 1 aromatic heterocycles. The molecule has 0 unspecified atom stereocenters. The van der Waals surface area contributed by atoms with E-state index in [2.05, 4.69) is 12.1 Å². The highest BCUT2D eigenvalue weighted by molar-refractivity contribution is 6.30. The Morgan fingerprint density at radius 3 is 2.18 bits per heavy atom. The maximum absolute atomic E-state index is 12.3. The van der Waals surface area contributed by atoms with Crippen molar-refractivity contribution >= 4 is 11.6 Å². The second-order valence-corrected chi connectivity index (χ2v) is 6.73. The van der Waals surface area contributed by atoms with Crippen LogP contribution in [-0.2, 0) is 0 Å². The van der Waals surface area contributed by atoms with Gasteiger partial charge in [-0.25, -0.2) is 0 Å². The molecule has 0 spiro atoms. The van der Waals surface area contributed by atoms with Crippen molar-refractivity contribution in [3.8, 4) is 0 Å². The van der Waals surface area contributed by atoms with Crippen LogP contribution >= 0.6 is 11.6 Å². The molecular weight excluding hydrogens is 296 g/mol. The zero-order valence-corrected chi connectivity index (χ0v) is 13.8. The van der Waals surface area contributed by atoms with Crippen LogP contribution in [0.3, 0.4) is 0 Å². The fourth-order valence-electron chi connectivity index (χ4n) is 3.70. The molecule has 1 aliphatic rings. The predicted molar refractivity (Wildman–Crippen MR) is 89.9 cm³/mol. The molecule has 2 aromatic rings. The molecule has 1 heterocycles. The van der Waals surface area contributed by atoms with Crippen molar-refractivity contribution in [2.75, 3.05) is 0 Å². The number of rotatable bonds is 2. The summed E-state index contributed by atoms with van der Waals surface area (Å²) in [6.45, 7) is 3.74. The second kappa shape index (κ2) is 6.29. The van der Waals surface area contributed by atoms with Gasteiger partial charge in [0.25, 0.3) is 0 Å². The summed E-state index contributed by atoms with van der Waals surface area (Å²) in [5.74, 6) is 2.40. The van der Waals surface area contributed by atoms with Gasteiger partial charge in [-0.05, 0) is 69.1 Å². The summed E-state index contributed by atoms with van der Waals surface area (Å²) < 4.78 is 5.65. The van der Waals surface area contributed by atoms with Crippen molar-refractivity contribution < 1.29 is 4.42 Å². The molecule has 1 aliphatic carbocycles. The first kappa shape index (κ1) is 15.4. The third-order valence-electron chi connectivity index (χ3n) is 4.77. The van der Waals surface area contributed by atoms with E-state index >= 15 is 0 Å². The summed E-state index contributed by atoms with van der Waals surface area (Å²) in [4.78, 5) is 12.3.